The lowest BCUT2D eigenvalue weighted by Crippen LogP contribution is -2.26. The highest BCUT2D eigenvalue weighted by molar-refractivity contribution is 6.03. The number of aromatic nitrogens is 2. The van der Waals surface area contributed by atoms with Gasteiger partial charge in [-0.3, -0.25) is 9.69 Å². The second kappa shape index (κ2) is 7.83. The van der Waals surface area contributed by atoms with Gasteiger partial charge in [0.1, 0.15) is 5.82 Å². The SMILES string of the molecule is CCCn1nc(C)cc1NC(=O)c1cccc(CN2CCC[C@H]2C)c1. The molecule has 25 heavy (non-hydrogen) atoms. The first-order chi connectivity index (χ1) is 12.1. The highest BCUT2D eigenvalue weighted by Crippen LogP contribution is 2.20. The van der Waals surface area contributed by atoms with Crippen molar-refractivity contribution < 1.29 is 4.79 Å². The molecule has 0 saturated carbocycles. The van der Waals surface area contributed by atoms with Crippen molar-refractivity contribution in [1.29, 1.82) is 0 Å². The predicted octanol–water partition coefficient (Wildman–Crippen LogP) is 3.84. The van der Waals surface area contributed by atoms with E-state index in [0.29, 0.717) is 11.6 Å². The first-order valence-electron chi connectivity index (χ1n) is 9.25. The Balaban J connectivity index is 1.71. The Labute approximate surface area is 150 Å². The van der Waals surface area contributed by atoms with Gasteiger partial charge in [-0.2, -0.15) is 5.10 Å². The fourth-order valence-electron chi connectivity index (χ4n) is 3.49. The molecule has 1 amide bonds. The Bertz CT molecular complexity index is 737. The molecule has 1 aliphatic heterocycles. The van der Waals surface area contributed by atoms with E-state index in [4.69, 9.17) is 0 Å². The van der Waals surface area contributed by atoms with Crippen molar-refractivity contribution in [2.75, 3.05) is 11.9 Å². The molecule has 0 spiro atoms. The third kappa shape index (κ3) is 4.28. The Morgan fingerprint density at radius 3 is 2.92 bits per heavy atom. The van der Waals surface area contributed by atoms with Crippen LogP contribution in [0.5, 0.6) is 0 Å². The van der Waals surface area contributed by atoms with Gasteiger partial charge in [0.25, 0.3) is 5.91 Å². The number of carbonyl (C=O) groups is 1. The maximum absolute atomic E-state index is 12.7. The number of amides is 1. The van der Waals surface area contributed by atoms with Gasteiger partial charge in [-0.15, -0.1) is 0 Å². The number of rotatable bonds is 6. The third-order valence-corrected chi connectivity index (χ3v) is 4.84. The number of aryl methyl sites for hydroxylation is 2. The standard InChI is InChI=1S/C20H28N4O/c1-4-10-24-19(12-15(2)22-24)21-20(25)18-9-5-8-17(13-18)14-23-11-6-7-16(23)3/h5,8-9,12-13,16H,4,6-7,10-11,14H2,1-3H3,(H,21,25)/t16-/m1/s1. The number of anilines is 1. The topological polar surface area (TPSA) is 50.2 Å². The summed E-state index contributed by atoms with van der Waals surface area (Å²) < 4.78 is 1.86. The van der Waals surface area contributed by atoms with Crippen LogP contribution in [0.4, 0.5) is 5.82 Å². The van der Waals surface area contributed by atoms with Crippen molar-refractivity contribution in [3.8, 4) is 0 Å². The molecule has 1 aromatic heterocycles. The lowest BCUT2D eigenvalue weighted by Gasteiger charge is -2.21. The smallest absolute Gasteiger partial charge is 0.256 e. The number of benzene rings is 1. The first kappa shape index (κ1) is 17.7. The Hall–Kier alpha value is -2.14. The molecule has 134 valence electrons. The number of nitrogens with zero attached hydrogens (tertiary/aromatic N) is 3. The summed E-state index contributed by atoms with van der Waals surface area (Å²) in [6, 6.07) is 10.5. The summed E-state index contributed by atoms with van der Waals surface area (Å²) in [5, 5.41) is 7.45. The zero-order valence-corrected chi connectivity index (χ0v) is 15.5. The molecule has 2 aromatic rings. The molecular formula is C20H28N4O. The summed E-state index contributed by atoms with van der Waals surface area (Å²) in [6.45, 7) is 9.18. The summed E-state index contributed by atoms with van der Waals surface area (Å²) in [6.07, 6.45) is 3.51. The summed E-state index contributed by atoms with van der Waals surface area (Å²) in [5.41, 5.74) is 2.81. The Morgan fingerprint density at radius 1 is 1.36 bits per heavy atom. The summed E-state index contributed by atoms with van der Waals surface area (Å²) in [5.74, 6) is 0.691. The van der Waals surface area contributed by atoms with E-state index in [-0.39, 0.29) is 5.91 Å². The van der Waals surface area contributed by atoms with E-state index in [9.17, 15) is 4.79 Å². The Morgan fingerprint density at radius 2 is 2.20 bits per heavy atom. The normalized spacial score (nSPS) is 17.8. The van der Waals surface area contributed by atoms with Crippen molar-refractivity contribution in [2.24, 2.45) is 0 Å². The van der Waals surface area contributed by atoms with E-state index < -0.39 is 0 Å². The number of carbonyl (C=O) groups excluding carboxylic acids is 1. The second-order valence-corrected chi connectivity index (χ2v) is 7.01. The quantitative estimate of drug-likeness (QED) is 0.869. The minimum absolute atomic E-state index is 0.0754. The maximum Gasteiger partial charge on any atom is 0.256 e. The van der Waals surface area contributed by atoms with Gasteiger partial charge in [-0.25, -0.2) is 4.68 Å². The number of hydrogen-bond donors (Lipinski definition) is 1. The minimum atomic E-state index is -0.0754. The molecule has 1 atom stereocenters. The van der Waals surface area contributed by atoms with E-state index in [0.717, 1.165) is 37.6 Å². The van der Waals surface area contributed by atoms with Gasteiger partial charge in [-0.05, 0) is 57.4 Å². The monoisotopic (exact) mass is 340 g/mol. The van der Waals surface area contributed by atoms with E-state index in [1.54, 1.807) is 0 Å². The average molecular weight is 340 g/mol. The van der Waals surface area contributed by atoms with Crippen LogP contribution in [0.15, 0.2) is 30.3 Å². The van der Waals surface area contributed by atoms with Crippen LogP contribution in [0.2, 0.25) is 0 Å². The number of likely N-dealkylation sites (tertiary alicyclic amines) is 1. The van der Waals surface area contributed by atoms with Gasteiger partial charge in [0, 0.05) is 30.8 Å². The third-order valence-electron chi connectivity index (χ3n) is 4.84. The van der Waals surface area contributed by atoms with Gasteiger partial charge in [0.05, 0.1) is 5.69 Å². The molecule has 1 aromatic carbocycles. The lowest BCUT2D eigenvalue weighted by molar-refractivity contribution is 0.102. The van der Waals surface area contributed by atoms with Crippen LogP contribution >= 0.6 is 0 Å². The lowest BCUT2D eigenvalue weighted by atomic mass is 10.1. The minimum Gasteiger partial charge on any atom is -0.307 e. The molecule has 0 bridgehead atoms. The van der Waals surface area contributed by atoms with Crippen LogP contribution in [-0.4, -0.2) is 33.2 Å². The summed E-state index contributed by atoms with van der Waals surface area (Å²) >= 11 is 0. The van der Waals surface area contributed by atoms with Gasteiger partial charge >= 0.3 is 0 Å². The highest BCUT2D eigenvalue weighted by Gasteiger charge is 2.20. The molecule has 1 fully saturated rings. The van der Waals surface area contributed by atoms with Crippen LogP contribution in [0, 0.1) is 6.92 Å². The number of hydrogen-bond acceptors (Lipinski definition) is 3. The van der Waals surface area contributed by atoms with Crippen LogP contribution in [0.3, 0.4) is 0 Å². The molecule has 5 heteroatoms. The van der Waals surface area contributed by atoms with Crippen LogP contribution in [-0.2, 0) is 13.1 Å². The molecular weight excluding hydrogens is 312 g/mol. The Kier molecular flexibility index (Phi) is 5.53. The molecule has 1 saturated heterocycles. The predicted molar refractivity (Wildman–Crippen MR) is 101 cm³/mol. The van der Waals surface area contributed by atoms with Gasteiger partial charge in [-0.1, -0.05) is 19.1 Å². The van der Waals surface area contributed by atoms with Gasteiger partial charge in [0.2, 0.25) is 0 Å². The van der Waals surface area contributed by atoms with Crippen molar-refractivity contribution in [3.63, 3.8) is 0 Å². The molecule has 3 rings (SSSR count). The number of nitrogens with one attached hydrogen (secondary N) is 1. The average Bonchev–Trinajstić information content (AvgIpc) is 3.14. The van der Waals surface area contributed by atoms with Gasteiger partial charge < -0.3 is 5.32 Å². The van der Waals surface area contributed by atoms with Gasteiger partial charge in [0.15, 0.2) is 0 Å². The van der Waals surface area contributed by atoms with Crippen molar-refractivity contribution in [2.45, 2.75) is 59.2 Å². The molecule has 2 heterocycles. The van der Waals surface area contributed by atoms with E-state index in [2.05, 4.69) is 35.2 Å². The van der Waals surface area contributed by atoms with Crippen molar-refractivity contribution >= 4 is 11.7 Å². The second-order valence-electron chi connectivity index (χ2n) is 7.01. The largest absolute Gasteiger partial charge is 0.307 e. The molecule has 5 nitrogen and oxygen atoms in total. The van der Waals surface area contributed by atoms with Crippen molar-refractivity contribution in [1.82, 2.24) is 14.7 Å². The summed E-state index contributed by atoms with van der Waals surface area (Å²) in [7, 11) is 0. The van der Waals surface area contributed by atoms with E-state index in [1.807, 2.05) is 35.9 Å². The van der Waals surface area contributed by atoms with Crippen LogP contribution < -0.4 is 5.32 Å². The fourth-order valence-corrected chi connectivity index (χ4v) is 3.49. The highest BCUT2D eigenvalue weighted by atomic mass is 16.1. The first-order valence-corrected chi connectivity index (χ1v) is 9.25. The summed E-state index contributed by atoms with van der Waals surface area (Å²) in [4.78, 5) is 15.2. The molecule has 0 aliphatic carbocycles. The van der Waals surface area contributed by atoms with Crippen LogP contribution in [0.25, 0.3) is 0 Å². The molecule has 1 aliphatic rings. The maximum atomic E-state index is 12.7. The van der Waals surface area contributed by atoms with Crippen molar-refractivity contribution in [3.05, 3.63) is 47.2 Å². The zero-order chi connectivity index (χ0) is 17.8. The molecule has 1 N–H and O–H groups in total. The van der Waals surface area contributed by atoms with Crippen LogP contribution in [0.1, 0.15) is 54.7 Å². The van der Waals surface area contributed by atoms with E-state index >= 15 is 0 Å². The van der Waals surface area contributed by atoms with E-state index in [1.165, 1.54) is 18.4 Å². The fraction of sp³-hybridized carbons (Fsp3) is 0.500. The molecule has 0 unspecified atom stereocenters. The molecule has 0 radical (unpaired) electrons. The zero-order valence-electron chi connectivity index (χ0n) is 15.5.